The number of imide groups is 1. The predicted octanol–water partition coefficient (Wildman–Crippen LogP) is 1.36. The lowest BCUT2D eigenvalue weighted by Crippen LogP contribution is -2.36. The van der Waals surface area contributed by atoms with Gasteiger partial charge in [0.25, 0.3) is 0 Å². The van der Waals surface area contributed by atoms with Crippen molar-refractivity contribution >= 4 is 23.4 Å². The third-order valence-corrected chi connectivity index (χ3v) is 3.25. The highest BCUT2D eigenvalue weighted by Crippen LogP contribution is 2.26. The number of amides is 3. The third kappa shape index (κ3) is 3.29. The zero-order chi connectivity index (χ0) is 18.0. The Kier molecular flexibility index (Phi) is 5.00. The molecule has 2 N–H and O–H groups in total. The lowest BCUT2D eigenvalue weighted by molar-refractivity contribution is -0.138. The van der Waals surface area contributed by atoms with E-state index < -0.39 is 58.9 Å². The minimum atomic E-state index is -2.33. The molecule has 0 radical (unpaired) electrons. The lowest BCUT2D eigenvalue weighted by Gasteiger charge is -2.14. The second kappa shape index (κ2) is 6.81. The van der Waals surface area contributed by atoms with Crippen molar-refractivity contribution in [2.45, 2.75) is 19.3 Å². The van der Waals surface area contributed by atoms with Crippen molar-refractivity contribution in [1.29, 1.82) is 0 Å². The Morgan fingerprint density at radius 1 is 0.875 bits per heavy atom. The van der Waals surface area contributed by atoms with E-state index in [0.717, 1.165) is 4.90 Å². The van der Waals surface area contributed by atoms with Gasteiger partial charge in [0.15, 0.2) is 23.3 Å². The Morgan fingerprint density at radius 3 is 1.83 bits per heavy atom. The summed E-state index contributed by atoms with van der Waals surface area (Å²) in [6.45, 7) is -0.262. The van der Waals surface area contributed by atoms with E-state index in [9.17, 15) is 36.3 Å². The molecule has 1 aliphatic rings. The molecule has 0 aromatic heterocycles. The van der Waals surface area contributed by atoms with Crippen LogP contribution in [0.5, 0.6) is 0 Å². The van der Waals surface area contributed by atoms with Crippen LogP contribution >= 0.6 is 0 Å². The van der Waals surface area contributed by atoms with Crippen molar-refractivity contribution in [2.24, 2.45) is 0 Å². The number of benzene rings is 1. The summed E-state index contributed by atoms with van der Waals surface area (Å²) in [5.74, 6) is -12.8. The Morgan fingerprint density at radius 2 is 1.33 bits per heavy atom. The van der Waals surface area contributed by atoms with Crippen LogP contribution in [0.1, 0.15) is 19.3 Å². The van der Waals surface area contributed by atoms with Gasteiger partial charge in [-0.1, -0.05) is 0 Å². The van der Waals surface area contributed by atoms with E-state index in [1.54, 1.807) is 10.9 Å². The first-order valence-electron chi connectivity index (χ1n) is 6.63. The number of carbonyl (C=O) groups excluding carboxylic acids is 3. The largest absolute Gasteiger partial charge is 0.293 e. The number of likely N-dealkylation sites (tertiary alicyclic amines) is 1. The van der Waals surface area contributed by atoms with E-state index in [4.69, 9.17) is 0 Å². The molecule has 130 valence electrons. The van der Waals surface area contributed by atoms with Gasteiger partial charge in [0.05, 0.1) is 0 Å². The number of nitrogens with one attached hydrogen (secondary N) is 2. The SMILES string of the molecule is O=C(CCN1C(=O)CCC1=O)NNc1c(F)c(F)c(F)c(F)c1F. The summed E-state index contributed by atoms with van der Waals surface area (Å²) < 4.78 is 65.5. The summed E-state index contributed by atoms with van der Waals surface area (Å²) in [5, 5.41) is 0. The first-order chi connectivity index (χ1) is 11.2. The first kappa shape index (κ1) is 17.6. The van der Waals surface area contributed by atoms with Gasteiger partial charge in [-0.25, -0.2) is 22.0 Å². The molecule has 0 atom stereocenters. The van der Waals surface area contributed by atoms with Gasteiger partial charge in [-0.05, 0) is 0 Å². The van der Waals surface area contributed by atoms with Crippen molar-refractivity contribution in [3.8, 4) is 0 Å². The van der Waals surface area contributed by atoms with Crippen LogP contribution in [-0.2, 0) is 14.4 Å². The molecular weight excluding hydrogens is 341 g/mol. The van der Waals surface area contributed by atoms with E-state index in [2.05, 4.69) is 0 Å². The van der Waals surface area contributed by atoms with Crippen LogP contribution in [0, 0.1) is 29.1 Å². The van der Waals surface area contributed by atoms with Crippen LogP contribution < -0.4 is 10.9 Å². The zero-order valence-electron chi connectivity index (χ0n) is 11.9. The van der Waals surface area contributed by atoms with Gasteiger partial charge < -0.3 is 0 Å². The first-order valence-corrected chi connectivity index (χ1v) is 6.63. The predicted molar refractivity (Wildman–Crippen MR) is 68.6 cm³/mol. The van der Waals surface area contributed by atoms with E-state index in [-0.39, 0.29) is 19.4 Å². The summed E-state index contributed by atoms with van der Waals surface area (Å²) in [7, 11) is 0. The van der Waals surface area contributed by atoms with Gasteiger partial charge >= 0.3 is 0 Å². The van der Waals surface area contributed by atoms with Gasteiger partial charge in [-0.15, -0.1) is 0 Å². The average Bonchev–Trinajstić information content (AvgIpc) is 2.87. The highest BCUT2D eigenvalue weighted by molar-refractivity contribution is 6.02. The summed E-state index contributed by atoms with van der Waals surface area (Å²) in [4.78, 5) is 35.0. The number of hydrazine groups is 1. The molecule has 0 spiro atoms. The Balaban J connectivity index is 1.97. The van der Waals surface area contributed by atoms with Crippen molar-refractivity contribution in [3.05, 3.63) is 29.1 Å². The second-order valence-electron chi connectivity index (χ2n) is 4.81. The average molecular weight is 351 g/mol. The molecule has 24 heavy (non-hydrogen) atoms. The molecule has 0 unspecified atom stereocenters. The molecule has 1 saturated heterocycles. The molecule has 6 nitrogen and oxygen atoms in total. The Labute approximate surface area is 131 Å². The van der Waals surface area contributed by atoms with E-state index in [0.29, 0.717) is 0 Å². The smallest absolute Gasteiger partial charge is 0.240 e. The van der Waals surface area contributed by atoms with Crippen molar-refractivity contribution < 1.29 is 36.3 Å². The Bertz CT molecular complexity index is 680. The fourth-order valence-electron chi connectivity index (χ4n) is 1.99. The molecule has 2 rings (SSSR count). The maximum Gasteiger partial charge on any atom is 0.240 e. The monoisotopic (exact) mass is 351 g/mol. The number of hydrogen-bond donors (Lipinski definition) is 2. The summed E-state index contributed by atoms with van der Waals surface area (Å²) in [6.07, 6.45) is -0.355. The molecule has 3 amide bonds. The number of nitrogens with zero attached hydrogens (tertiary/aromatic N) is 1. The molecular formula is C13H10F5N3O3. The normalized spacial score (nSPS) is 14.3. The van der Waals surface area contributed by atoms with Crippen LogP contribution in [0.25, 0.3) is 0 Å². The van der Waals surface area contributed by atoms with Crippen molar-refractivity contribution in [1.82, 2.24) is 10.3 Å². The Hall–Kier alpha value is -2.72. The highest BCUT2D eigenvalue weighted by atomic mass is 19.2. The lowest BCUT2D eigenvalue weighted by atomic mass is 10.2. The fourth-order valence-corrected chi connectivity index (χ4v) is 1.99. The van der Waals surface area contributed by atoms with E-state index >= 15 is 0 Å². The molecule has 1 aromatic carbocycles. The molecule has 1 heterocycles. The second-order valence-corrected chi connectivity index (χ2v) is 4.81. The summed E-state index contributed by atoms with van der Waals surface area (Å²) in [6, 6.07) is 0. The number of carbonyl (C=O) groups is 3. The van der Waals surface area contributed by atoms with E-state index in [1.807, 2.05) is 0 Å². The minimum absolute atomic E-state index is 0.0310. The van der Waals surface area contributed by atoms with Gasteiger partial charge in [0.1, 0.15) is 5.69 Å². The van der Waals surface area contributed by atoms with Crippen LogP contribution in [0.4, 0.5) is 27.6 Å². The minimum Gasteiger partial charge on any atom is -0.293 e. The molecule has 11 heteroatoms. The molecule has 1 aromatic rings. The molecule has 1 fully saturated rings. The molecule has 1 aliphatic heterocycles. The summed E-state index contributed by atoms with van der Waals surface area (Å²) >= 11 is 0. The highest BCUT2D eigenvalue weighted by Gasteiger charge is 2.29. The van der Waals surface area contributed by atoms with Crippen LogP contribution in [0.3, 0.4) is 0 Å². The van der Waals surface area contributed by atoms with Crippen LogP contribution in [-0.4, -0.2) is 29.2 Å². The number of anilines is 1. The van der Waals surface area contributed by atoms with Gasteiger partial charge in [0, 0.05) is 25.8 Å². The molecule has 0 bridgehead atoms. The fraction of sp³-hybridized carbons (Fsp3) is 0.308. The number of rotatable bonds is 5. The summed E-state index contributed by atoms with van der Waals surface area (Å²) in [5.41, 5.74) is 1.91. The van der Waals surface area contributed by atoms with Gasteiger partial charge in [-0.2, -0.15) is 0 Å². The quantitative estimate of drug-likeness (QED) is 0.276. The standard InChI is InChI=1S/C13H10F5N3O3/c14-8-9(15)11(17)13(12(18)10(8)16)20-19-5(22)3-4-21-6(23)1-2-7(21)24/h20H,1-4H2,(H,19,22). The zero-order valence-corrected chi connectivity index (χ0v) is 11.9. The molecule has 0 aliphatic carbocycles. The number of hydrogen-bond acceptors (Lipinski definition) is 4. The van der Waals surface area contributed by atoms with Crippen LogP contribution in [0.15, 0.2) is 0 Å². The molecule has 0 saturated carbocycles. The van der Waals surface area contributed by atoms with Crippen molar-refractivity contribution in [3.63, 3.8) is 0 Å². The number of halogens is 5. The topological polar surface area (TPSA) is 78.5 Å². The van der Waals surface area contributed by atoms with Gasteiger partial charge in [-0.3, -0.25) is 30.1 Å². The van der Waals surface area contributed by atoms with Crippen molar-refractivity contribution in [2.75, 3.05) is 12.0 Å². The maximum absolute atomic E-state index is 13.4. The van der Waals surface area contributed by atoms with Gasteiger partial charge in [0.2, 0.25) is 23.5 Å². The maximum atomic E-state index is 13.4. The van der Waals surface area contributed by atoms with E-state index in [1.165, 1.54) is 0 Å². The van der Waals surface area contributed by atoms with Crippen LogP contribution in [0.2, 0.25) is 0 Å². The third-order valence-electron chi connectivity index (χ3n) is 3.25.